The summed E-state index contributed by atoms with van der Waals surface area (Å²) in [6.07, 6.45) is 1.33. The van der Waals surface area contributed by atoms with Gasteiger partial charge in [0.25, 0.3) is 0 Å². The van der Waals surface area contributed by atoms with E-state index < -0.39 is 0 Å². The molecule has 0 unspecified atom stereocenters. The molecule has 1 aromatic rings. The summed E-state index contributed by atoms with van der Waals surface area (Å²) in [6, 6.07) is 5.76. The van der Waals surface area contributed by atoms with Crippen LogP contribution >= 0.6 is 0 Å². The van der Waals surface area contributed by atoms with Crippen molar-refractivity contribution in [1.82, 2.24) is 4.90 Å². The Morgan fingerprint density at radius 1 is 1.33 bits per heavy atom. The molecule has 0 radical (unpaired) electrons. The molecule has 1 aromatic carbocycles. The number of carbonyl (C=O) groups is 1. The quantitative estimate of drug-likeness (QED) is 0.832. The van der Waals surface area contributed by atoms with Crippen LogP contribution in [0.1, 0.15) is 18.9 Å². The molecule has 1 aliphatic heterocycles. The molecule has 1 saturated heterocycles. The van der Waals surface area contributed by atoms with E-state index in [2.05, 4.69) is 0 Å². The van der Waals surface area contributed by atoms with E-state index in [9.17, 15) is 4.79 Å². The van der Waals surface area contributed by atoms with Crippen molar-refractivity contribution in [2.75, 3.05) is 33.9 Å². The van der Waals surface area contributed by atoms with Crippen molar-refractivity contribution in [1.29, 1.82) is 0 Å². The lowest BCUT2D eigenvalue weighted by Gasteiger charge is -2.31. The second-order valence-electron chi connectivity index (χ2n) is 5.21. The number of hydrogen-bond donors (Lipinski definition) is 0. The van der Waals surface area contributed by atoms with Gasteiger partial charge in [0.05, 0.1) is 26.9 Å². The summed E-state index contributed by atoms with van der Waals surface area (Å²) < 4.78 is 15.9. The second-order valence-corrected chi connectivity index (χ2v) is 5.21. The normalized spacial score (nSPS) is 18.4. The molecular weight excluding hydrogens is 270 g/mol. The molecule has 1 atom stereocenters. The molecule has 5 nitrogen and oxygen atoms in total. The number of nitrogens with zero attached hydrogens (tertiary/aromatic N) is 1. The van der Waals surface area contributed by atoms with Gasteiger partial charge in [-0.3, -0.25) is 4.79 Å². The third kappa shape index (κ3) is 4.11. The number of methoxy groups -OCH3 is 2. The van der Waals surface area contributed by atoms with Crippen LogP contribution in [0.15, 0.2) is 18.2 Å². The van der Waals surface area contributed by atoms with Crippen molar-refractivity contribution in [3.05, 3.63) is 23.8 Å². The second kappa shape index (κ2) is 7.31. The number of morpholine rings is 1. The zero-order valence-corrected chi connectivity index (χ0v) is 12.9. The highest BCUT2D eigenvalue weighted by Gasteiger charge is 2.21. The number of hydrogen-bond acceptors (Lipinski definition) is 4. The van der Waals surface area contributed by atoms with Crippen LogP contribution in [0.4, 0.5) is 0 Å². The Balaban J connectivity index is 1.91. The van der Waals surface area contributed by atoms with Gasteiger partial charge < -0.3 is 19.1 Å². The van der Waals surface area contributed by atoms with E-state index in [0.717, 1.165) is 5.56 Å². The molecule has 0 spiro atoms. The van der Waals surface area contributed by atoms with Crippen molar-refractivity contribution >= 4 is 5.91 Å². The van der Waals surface area contributed by atoms with Crippen LogP contribution < -0.4 is 9.47 Å². The van der Waals surface area contributed by atoms with E-state index in [1.807, 2.05) is 30.0 Å². The Morgan fingerprint density at radius 2 is 2.10 bits per heavy atom. The summed E-state index contributed by atoms with van der Waals surface area (Å²) in [4.78, 5) is 14.1. The smallest absolute Gasteiger partial charge is 0.223 e. The first-order chi connectivity index (χ1) is 10.1. The molecule has 2 rings (SSSR count). The lowest BCUT2D eigenvalue weighted by atomic mass is 10.1. The van der Waals surface area contributed by atoms with E-state index in [-0.39, 0.29) is 12.0 Å². The minimum Gasteiger partial charge on any atom is -0.493 e. The van der Waals surface area contributed by atoms with Gasteiger partial charge >= 0.3 is 0 Å². The van der Waals surface area contributed by atoms with E-state index in [4.69, 9.17) is 14.2 Å². The minimum atomic E-state index is 0.129. The Kier molecular flexibility index (Phi) is 5.44. The van der Waals surface area contributed by atoms with Gasteiger partial charge in [-0.25, -0.2) is 0 Å². The molecule has 0 aliphatic carbocycles. The molecule has 0 N–H and O–H groups in total. The van der Waals surface area contributed by atoms with Crippen LogP contribution in [-0.2, 0) is 16.0 Å². The highest BCUT2D eigenvalue weighted by atomic mass is 16.5. The van der Waals surface area contributed by atoms with Crippen molar-refractivity contribution in [3.63, 3.8) is 0 Å². The predicted molar refractivity (Wildman–Crippen MR) is 79.9 cm³/mol. The van der Waals surface area contributed by atoms with Crippen LogP contribution in [0.3, 0.4) is 0 Å². The Bertz CT molecular complexity index is 489. The fourth-order valence-electron chi connectivity index (χ4n) is 2.49. The van der Waals surface area contributed by atoms with Crippen molar-refractivity contribution in [3.8, 4) is 11.5 Å². The fraction of sp³-hybridized carbons (Fsp3) is 0.562. The lowest BCUT2D eigenvalue weighted by molar-refractivity contribution is -0.138. The SMILES string of the molecule is COc1ccc(CCC(=O)N2CCO[C@H](C)C2)cc1OC. The first kappa shape index (κ1) is 15.6. The highest BCUT2D eigenvalue weighted by molar-refractivity contribution is 5.76. The molecule has 116 valence electrons. The summed E-state index contributed by atoms with van der Waals surface area (Å²) in [5.41, 5.74) is 1.07. The number of amides is 1. The van der Waals surface area contributed by atoms with E-state index in [0.29, 0.717) is 44.0 Å². The third-order valence-corrected chi connectivity index (χ3v) is 3.67. The zero-order chi connectivity index (χ0) is 15.2. The maximum Gasteiger partial charge on any atom is 0.223 e. The fourth-order valence-corrected chi connectivity index (χ4v) is 2.49. The van der Waals surface area contributed by atoms with E-state index >= 15 is 0 Å². The van der Waals surface area contributed by atoms with Crippen LogP contribution in [0.5, 0.6) is 11.5 Å². The van der Waals surface area contributed by atoms with Gasteiger partial charge in [0.1, 0.15) is 0 Å². The number of carbonyl (C=O) groups excluding carboxylic acids is 1. The molecular formula is C16H23NO4. The molecule has 1 fully saturated rings. The molecule has 0 saturated carbocycles. The third-order valence-electron chi connectivity index (χ3n) is 3.67. The van der Waals surface area contributed by atoms with E-state index in [1.165, 1.54) is 0 Å². The van der Waals surface area contributed by atoms with Crippen molar-refractivity contribution in [2.45, 2.75) is 25.9 Å². The molecule has 1 heterocycles. The van der Waals surface area contributed by atoms with Gasteiger partial charge in [-0.1, -0.05) is 6.07 Å². The van der Waals surface area contributed by atoms with Gasteiger partial charge in [0, 0.05) is 19.5 Å². The molecule has 0 bridgehead atoms. The molecule has 5 heteroatoms. The van der Waals surface area contributed by atoms with Crippen LogP contribution in [-0.4, -0.2) is 50.8 Å². The number of benzene rings is 1. The first-order valence-corrected chi connectivity index (χ1v) is 7.24. The topological polar surface area (TPSA) is 48.0 Å². The Hall–Kier alpha value is -1.75. The standard InChI is InChI=1S/C16H23NO4/c1-12-11-17(8-9-21-12)16(18)7-5-13-4-6-14(19-2)15(10-13)20-3/h4,6,10,12H,5,7-9,11H2,1-3H3/t12-/m1/s1. The Morgan fingerprint density at radius 3 is 2.76 bits per heavy atom. The van der Waals surface area contributed by atoms with Gasteiger partial charge in [-0.15, -0.1) is 0 Å². The summed E-state index contributed by atoms with van der Waals surface area (Å²) >= 11 is 0. The van der Waals surface area contributed by atoms with E-state index in [1.54, 1.807) is 14.2 Å². The maximum atomic E-state index is 12.2. The number of ether oxygens (including phenoxy) is 3. The first-order valence-electron chi connectivity index (χ1n) is 7.24. The number of rotatable bonds is 5. The highest BCUT2D eigenvalue weighted by Crippen LogP contribution is 2.28. The summed E-state index contributed by atoms with van der Waals surface area (Å²) in [5, 5.41) is 0. The Labute approximate surface area is 125 Å². The van der Waals surface area contributed by atoms with Gasteiger partial charge in [-0.2, -0.15) is 0 Å². The van der Waals surface area contributed by atoms with Crippen LogP contribution in [0, 0.1) is 0 Å². The summed E-state index contributed by atoms with van der Waals surface area (Å²) in [7, 11) is 3.22. The maximum absolute atomic E-state index is 12.2. The molecule has 1 amide bonds. The van der Waals surface area contributed by atoms with Crippen LogP contribution in [0.25, 0.3) is 0 Å². The number of aryl methyl sites for hydroxylation is 1. The van der Waals surface area contributed by atoms with Gasteiger partial charge in [0.2, 0.25) is 5.91 Å². The average molecular weight is 293 g/mol. The van der Waals surface area contributed by atoms with Crippen molar-refractivity contribution in [2.24, 2.45) is 0 Å². The monoisotopic (exact) mass is 293 g/mol. The lowest BCUT2D eigenvalue weighted by Crippen LogP contribution is -2.44. The molecule has 0 aromatic heterocycles. The van der Waals surface area contributed by atoms with Gasteiger partial charge in [-0.05, 0) is 31.0 Å². The minimum absolute atomic E-state index is 0.129. The average Bonchev–Trinajstić information content (AvgIpc) is 2.52. The zero-order valence-electron chi connectivity index (χ0n) is 12.9. The summed E-state index contributed by atoms with van der Waals surface area (Å²) in [6.45, 7) is 4.00. The molecule has 21 heavy (non-hydrogen) atoms. The van der Waals surface area contributed by atoms with Crippen molar-refractivity contribution < 1.29 is 19.0 Å². The summed E-state index contributed by atoms with van der Waals surface area (Å²) in [5.74, 6) is 1.58. The molecule has 1 aliphatic rings. The van der Waals surface area contributed by atoms with Crippen LogP contribution in [0.2, 0.25) is 0 Å². The predicted octanol–water partition coefficient (Wildman–Crippen LogP) is 1.88. The largest absolute Gasteiger partial charge is 0.493 e. The van der Waals surface area contributed by atoms with Gasteiger partial charge in [0.15, 0.2) is 11.5 Å².